The van der Waals surface area contributed by atoms with Gasteiger partial charge >= 0.3 is 5.97 Å². The largest absolute Gasteiger partial charge is 0.469 e. The number of pyridine rings is 1. The first kappa shape index (κ1) is 14.2. The third-order valence-corrected chi connectivity index (χ3v) is 3.20. The number of nitrogens with two attached hydrogens (primary N) is 1. The van der Waals surface area contributed by atoms with Crippen LogP contribution in [0.25, 0.3) is 0 Å². The van der Waals surface area contributed by atoms with Crippen LogP contribution in [0.4, 0.5) is 8.78 Å². The number of alkyl halides is 2. The normalized spacial score (nSPS) is 10.7. The Labute approximate surface area is 111 Å². The van der Waals surface area contributed by atoms with E-state index in [4.69, 9.17) is 5.73 Å². The summed E-state index contributed by atoms with van der Waals surface area (Å²) in [5.41, 5.74) is 5.91. The molecule has 17 heavy (non-hydrogen) atoms. The Morgan fingerprint density at radius 3 is 2.71 bits per heavy atom. The van der Waals surface area contributed by atoms with E-state index in [1.54, 1.807) is 0 Å². The lowest BCUT2D eigenvalue weighted by molar-refractivity contribution is -0.139. The van der Waals surface area contributed by atoms with Crippen molar-refractivity contribution in [1.29, 1.82) is 0 Å². The lowest BCUT2D eigenvalue weighted by atomic mass is 10.0. The molecule has 0 amide bonds. The fourth-order valence-electron chi connectivity index (χ4n) is 1.40. The second-order valence-corrected chi connectivity index (χ2v) is 4.24. The van der Waals surface area contributed by atoms with Crippen molar-refractivity contribution in [3.63, 3.8) is 0 Å². The summed E-state index contributed by atoms with van der Waals surface area (Å²) in [6, 6.07) is 0. The van der Waals surface area contributed by atoms with Crippen molar-refractivity contribution in [2.24, 2.45) is 5.73 Å². The van der Waals surface area contributed by atoms with Crippen molar-refractivity contribution in [3.05, 3.63) is 26.6 Å². The molecule has 0 aliphatic heterocycles. The third kappa shape index (κ3) is 3.32. The number of carbonyl (C=O) groups excluding carboxylic acids is 1. The molecule has 1 rings (SSSR count). The highest BCUT2D eigenvalue weighted by molar-refractivity contribution is 14.1. The minimum atomic E-state index is -2.69. The fraction of sp³-hybridized carbons (Fsp3) is 0.400. The highest BCUT2D eigenvalue weighted by atomic mass is 127. The van der Waals surface area contributed by atoms with Crippen LogP contribution in [0.2, 0.25) is 0 Å². The Morgan fingerprint density at radius 1 is 1.59 bits per heavy atom. The van der Waals surface area contributed by atoms with E-state index >= 15 is 0 Å². The average molecular weight is 356 g/mol. The van der Waals surface area contributed by atoms with Crippen LogP contribution < -0.4 is 5.73 Å². The molecule has 0 aliphatic rings. The van der Waals surface area contributed by atoms with Gasteiger partial charge in [0.25, 0.3) is 6.43 Å². The molecular weight excluding hydrogens is 345 g/mol. The summed E-state index contributed by atoms with van der Waals surface area (Å²) >= 11 is 1.90. The van der Waals surface area contributed by atoms with Gasteiger partial charge in [0, 0.05) is 23.9 Å². The highest BCUT2D eigenvalue weighted by Gasteiger charge is 2.21. The predicted molar refractivity (Wildman–Crippen MR) is 65.5 cm³/mol. The molecule has 0 radical (unpaired) electrons. The molecular formula is C10H11F2IN2O2. The number of aromatic nitrogens is 1. The molecule has 0 fully saturated rings. The van der Waals surface area contributed by atoms with Crippen molar-refractivity contribution >= 4 is 28.6 Å². The Hall–Kier alpha value is -0.830. The minimum Gasteiger partial charge on any atom is -0.469 e. The van der Waals surface area contributed by atoms with Crippen molar-refractivity contribution in [2.45, 2.75) is 19.4 Å². The lowest BCUT2D eigenvalue weighted by Crippen LogP contribution is -2.14. The van der Waals surface area contributed by atoms with E-state index in [2.05, 4.69) is 9.72 Å². The number of hydrogen-bond acceptors (Lipinski definition) is 4. The summed E-state index contributed by atoms with van der Waals surface area (Å²) in [6.07, 6.45) is -1.84. The van der Waals surface area contributed by atoms with E-state index in [-0.39, 0.29) is 24.1 Å². The van der Waals surface area contributed by atoms with E-state index < -0.39 is 12.4 Å². The van der Waals surface area contributed by atoms with Crippen LogP contribution in [-0.2, 0) is 22.5 Å². The molecule has 0 unspecified atom stereocenters. The number of methoxy groups -OCH3 is 1. The number of esters is 1. The van der Waals surface area contributed by atoms with Crippen LogP contribution in [0.5, 0.6) is 0 Å². The van der Waals surface area contributed by atoms with Crippen molar-refractivity contribution in [2.75, 3.05) is 7.11 Å². The number of rotatable bonds is 4. The number of hydrogen-bond donors (Lipinski definition) is 1. The molecule has 1 heterocycles. The molecule has 2 N–H and O–H groups in total. The molecule has 0 aromatic carbocycles. The maximum absolute atomic E-state index is 12.8. The van der Waals surface area contributed by atoms with Crippen LogP contribution in [0.3, 0.4) is 0 Å². The summed E-state index contributed by atoms with van der Waals surface area (Å²) in [4.78, 5) is 15.0. The van der Waals surface area contributed by atoms with Crippen LogP contribution in [0.15, 0.2) is 6.20 Å². The Bertz CT molecular complexity index is 427. The van der Waals surface area contributed by atoms with Gasteiger partial charge in [-0.05, 0) is 28.2 Å². The molecule has 0 atom stereocenters. The third-order valence-electron chi connectivity index (χ3n) is 2.27. The first-order chi connectivity index (χ1) is 8.01. The zero-order chi connectivity index (χ0) is 13.0. The molecule has 0 bridgehead atoms. The first-order valence-electron chi connectivity index (χ1n) is 4.72. The topological polar surface area (TPSA) is 65.2 Å². The summed E-state index contributed by atoms with van der Waals surface area (Å²) in [7, 11) is 1.21. The van der Waals surface area contributed by atoms with Gasteiger partial charge in [0.05, 0.1) is 13.5 Å². The summed E-state index contributed by atoms with van der Waals surface area (Å²) in [5.74, 6) is -0.580. The van der Waals surface area contributed by atoms with Gasteiger partial charge in [-0.3, -0.25) is 4.79 Å². The van der Waals surface area contributed by atoms with Crippen LogP contribution >= 0.6 is 22.6 Å². The lowest BCUT2D eigenvalue weighted by Gasteiger charge is -2.13. The molecule has 0 spiro atoms. The molecule has 0 saturated heterocycles. The van der Waals surface area contributed by atoms with E-state index in [0.29, 0.717) is 9.26 Å². The molecule has 94 valence electrons. The van der Waals surface area contributed by atoms with Gasteiger partial charge in [-0.15, -0.1) is 0 Å². The smallest absolute Gasteiger partial charge is 0.310 e. The standard InChI is InChI=1S/C10H11F2IN2O2/c1-17-8(16)2-5-6(3-14)10(13)15-4-7(5)9(11)12/h4,9H,2-3,14H2,1H3. The molecule has 0 aliphatic carbocycles. The van der Waals surface area contributed by atoms with E-state index in [1.165, 1.54) is 7.11 Å². The van der Waals surface area contributed by atoms with Gasteiger partial charge in [-0.2, -0.15) is 0 Å². The molecule has 0 saturated carbocycles. The molecule has 7 heteroatoms. The Kier molecular flexibility index (Phi) is 5.19. The fourth-order valence-corrected chi connectivity index (χ4v) is 2.09. The average Bonchev–Trinajstić information content (AvgIpc) is 2.28. The Morgan fingerprint density at radius 2 is 2.24 bits per heavy atom. The summed E-state index contributed by atoms with van der Waals surface area (Å²) in [6.45, 7) is 0.0537. The van der Waals surface area contributed by atoms with Gasteiger partial charge in [0.1, 0.15) is 3.70 Å². The predicted octanol–water partition coefficient (Wildman–Crippen LogP) is 1.80. The maximum atomic E-state index is 12.8. The van der Waals surface area contributed by atoms with Crippen molar-refractivity contribution < 1.29 is 18.3 Å². The van der Waals surface area contributed by atoms with Crippen molar-refractivity contribution in [1.82, 2.24) is 4.98 Å². The SMILES string of the molecule is COC(=O)Cc1c(C(F)F)cnc(I)c1CN. The minimum absolute atomic E-state index is 0.0537. The van der Waals surface area contributed by atoms with Gasteiger partial charge in [0.2, 0.25) is 0 Å². The van der Waals surface area contributed by atoms with Crippen LogP contribution in [-0.4, -0.2) is 18.1 Å². The maximum Gasteiger partial charge on any atom is 0.310 e. The summed E-state index contributed by atoms with van der Waals surface area (Å²) in [5, 5.41) is 0. The monoisotopic (exact) mass is 356 g/mol. The molecule has 1 aromatic heterocycles. The van der Waals surface area contributed by atoms with E-state index in [9.17, 15) is 13.6 Å². The summed E-state index contributed by atoms with van der Waals surface area (Å²) < 4.78 is 30.6. The number of halogens is 3. The number of nitrogens with zero attached hydrogens (tertiary/aromatic N) is 1. The van der Waals surface area contributed by atoms with Crippen LogP contribution in [0, 0.1) is 3.70 Å². The van der Waals surface area contributed by atoms with E-state index in [1.807, 2.05) is 22.6 Å². The number of ether oxygens (including phenoxy) is 1. The second-order valence-electron chi connectivity index (χ2n) is 3.22. The number of carbonyl (C=O) groups is 1. The van der Waals surface area contributed by atoms with Crippen LogP contribution in [0.1, 0.15) is 23.1 Å². The Balaban J connectivity index is 3.28. The zero-order valence-corrected chi connectivity index (χ0v) is 11.2. The highest BCUT2D eigenvalue weighted by Crippen LogP contribution is 2.27. The van der Waals surface area contributed by atoms with E-state index in [0.717, 1.165) is 6.20 Å². The van der Waals surface area contributed by atoms with Gasteiger partial charge in [0.15, 0.2) is 0 Å². The zero-order valence-electron chi connectivity index (χ0n) is 9.04. The van der Waals surface area contributed by atoms with Gasteiger partial charge in [-0.1, -0.05) is 0 Å². The van der Waals surface area contributed by atoms with Gasteiger partial charge < -0.3 is 10.5 Å². The molecule has 4 nitrogen and oxygen atoms in total. The second kappa shape index (κ2) is 6.20. The van der Waals surface area contributed by atoms with Gasteiger partial charge in [-0.25, -0.2) is 13.8 Å². The quantitative estimate of drug-likeness (QED) is 0.508. The van der Waals surface area contributed by atoms with Crippen molar-refractivity contribution in [3.8, 4) is 0 Å². The first-order valence-corrected chi connectivity index (χ1v) is 5.80. The molecule has 1 aromatic rings.